The normalized spacial score (nSPS) is 16.0. The summed E-state index contributed by atoms with van der Waals surface area (Å²) in [6.45, 7) is 10.8. The Labute approximate surface area is 209 Å². The van der Waals surface area contributed by atoms with E-state index in [1.807, 2.05) is 48.0 Å². The van der Waals surface area contributed by atoms with Gasteiger partial charge in [-0.1, -0.05) is 37.3 Å². The molecule has 2 aromatic heterocycles. The highest BCUT2D eigenvalue weighted by molar-refractivity contribution is 5.82. The zero-order valence-corrected chi connectivity index (χ0v) is 21.2. The fraction of sp³-hybridized carbons (Fsp3) is 0.407. The summed E-state index contributed by atoms with van der Waals surface area (Å²) in [4.78, 5) is 20.9. The van der Waals surface area contributed by atoms with E-state index >= 15 is 0 Å². The minimum Gasteiger partial charge on any atom is -0.367 e. The molecule has 4 aromatic rings. The van der Waals surface area contributed by atoms with Crippen molar-refractivity contribution < 1.29 is 4.39 Å². The van der Waals surface area contributed by atoms with E-state index in [0.717, 1.165) is 22.9 Å². The van der Waals surface area contributed by atoms with Crippen LogP contribution in [0.4, 0.5) is 10.1 Å². The number of nitrogens with zero attached hydrogens (tertiary/aromatic N) is 6. The van der Waals surface area contributed by atoms with Crippen molar-refractivity contribution in [1.29, 1.82) is 0 Å². The maximum absolute atomic E-state index is 14.4. The predicted molar refractivity (Wildman–Crippen MR) is 139 cm³/mol. The molecule has 36 heavy (non-hydrogen) atoms. The predicted octanol–water partition coefficient (Wildman–Crippen LogP) is 4.02. The molecule has 1 aliphatic rings. The average Bonchev–Trinajstić information content (AvgIpc) is 3.37. The molecule has 1 aliphatic heterocycles. The Bertz CT molecular complexity index is 1440. The number of hydrogen-bond donors (Lipinski definition) is 1. The minimum absolute atomic E-state index is 0.151. The van der Waals surface area contributed by atoms with Crippen LogP contribution < -0.4 is 10.5 Å². The molecule has 1 fully saturated rings. The van der Waals surface area contributed by atoms with Crippen LogP contribution in [0.25, 0.3) is 10.9 Å². The summed E-state index contributed by atoms with van der Waals surface area (Å²) in [5.41, 5.74) is 2.58. The Hall–Kier alpha value is -3.59. The van der Waals surface area contributed by atoms with Gasteiger partial charge in [0.05, 0.1) is 16.7 Å². The Kier molecular flexibility index (Phi) is 6.34. The maximum Gasteiger partial charge on any atom is 0.253 e. The number of benzene rings is 2. The molecule has 5 rings (SSSR count). The number of aromatic nitrogens is 5. The largest absolute Gasteiger partial charge is 0.367 e. The van der Waals surface area contributed by atoms with Gasteiger partial charge in [-0.25, -0.2) is 9.07 Å². The Balaban J connectivity index is 1.58. The monoisotopic (exact) mass is 489 g/mol. The first kappa shape index (κ1) is 24.1. The quantitative estimate of drug-likeness (QED) is 0.441. The average molecular weight is 490 g/mol. The van der Waals surface area contributed by atoms with Gasteiger partial charge in [0.15, 0.2) is 5.82 Å². The van der Waals surface area contributed by atoms with Crippen LogP contribution in [0.3, 0.4) is 0 Å². The van der Waals surface area contributed by atoms with Crippen LogP contribution in [0.5, 0.6) is 0 Å². The molecule has 0 spiro atoms. The van der Waals surface area contributed by atoms with Crippen molar-refractivity contribution in [3.8, 4) is 0 Å². The van der Waals surface area contributed by atoms with Gasteiger partial charge in [0.1, 0.15) is 11.9 Å². The van der Waals surface area contributed by atoms with Crippen LogP contribution in [0.15, 0.2) is 53.3 Å². The van der Waals surface area contributed by atoms with E-state index in [1.165, 1.54) is 6.07 Å². The van der Waals surface area contributed by atoms with Crippen LogP contribution in [-0.4, -0.2) is 56.3 Å². The van der Waals surface area contributed by atoms with Gasteiger partial charge in [-0.3, -0.25) is 9.69 Å². The third-order valence-corrected chi connectivity index (χ3v) is 7.46. The van der Waals surface area contributed by atoms with Crippen LogP contribution in [0.1, 0.15) is 50.2 Å². The van der Waals surface area contributed by atoms with Gasteiger partial charge in [0, 0.05) is 31.7 Å². The second-order valence-corrected chi connectivity index (χ2v) is 10.1. The van der Waals surface area contributed by atoms with Gasteiger partial charge in [-0.2, -0.15) is 0 Å². The molecule has 2 aromatic carbocycles. The molecule has 1 saturated heterocycles. The Morgan fingerprint density at radius 2 is 1.83 bits per heavy atom. The van der Waals surface area contributed by atoms with E-state index in [0.29, 0.717) is 43.3 Å². The van der Waals surface area contributed by atoms with Crippen molar-refractivity contribution >= 4 is 16.6 Å². The van der Waals surface area contributed by atoms with Crippen molar-refractivity contribution in [3.05, 3.63) is 81.7 Å². The van der Waals surface area contributed by atoms with Crippen molar-refractivity contribution in [2.45, 2.75) is 45.7 Å². The number of aryl methyl sites for hydroxylation is 1. The number of fused-ring (bicyclic) bond motifs is 1. The van der Waals surface area contributed by atoms with Gasteiger partial charge in [0.25, 0.3) is 5.56 Å². The molecule has 8 nitrogen and oxygen atoms in total. The molecule has 0 unspecified atom stereocenters. The van der Waals surface area contributed by atoms with E-state index < -0.39 is 6.04 Å². The van der Waals surface area contributed by atoms with Crippen molar-refractivity contribution in [3.63, 3.8) is 0 Å². The number of anilines is 1. The lowest BCUT2D eigenvalue weighted by Gasteiger charge is -2.40. The number of nitrogens with one attached hydrogen (secondary N) is 1. The lowest BCUT2D eigenvalue weighted by Crippen LogP contribution is -2.50. The van der Waals surface area contributed by atoms with Crippen molar-refractivity contribution in [2.24, 2.45) is 0 Å². The second-order valence-electron chi connectivity index (χ2n) is 10.1. The summed E-state index contributed by atoms with van der Waals surface area (Å²) in [5, 5.41) is 13.8. The molecule has 1 N–H and O–H groups in total. The summed E-state index contributed by atoms with van der Waals surface area (Å²) in [6.07, 6.45) is 0.825. The van der Waals surface area contributed by atoms with E-state index in [-0.39, 0.29) is 16.9 Å². The SMILES string of the molecule is CCC(C)(C)n1nnnc1[C@@H](c1cc2cccc(C)c2[nH]c1=O)N1CCN(c2ccccc2F)CC1. The number of H-pyrrole nitrogens is 1. The summed E-state index contributed by atoms with van der Waals surface area (Å²) in [6, 6.07) is 14.4. The third-order valence-electron chi connectivity index (χ3n) is 7.46. The number of aromatic amines is 1. The number of halogens is 1. The molecular formula is C27H32FN7O. The molecular weight excluding hydrogens is 457 g/mol. The third kappa shape index (κ3) is 4.28. The standard InChI is InChI=1S/C27H32FN7O/c1-5-27(3,4)35-25(30-31-32-35)24(20-17-19-10-8-9-18(2)23(19)29-26(20)36)34-15-13-33(14-16-34)22-12-7-6-11-21(22)28/h6-12,17,24H,5,13-16H2,1-4H3,(H,29,36)/t24-/m1/s1. The van der Waals surface area contributed by atoms with Gasteiger partial charge >= 0.3 is 0 Å². The molecule has 0 amide bonds. The first-order chi connectivity index (χ1) is 17.3. The molecule has 0 bridgehead atoms. The lowest BCUT2D eigenvalue weighted by atomic mass is 9.98. The highest BCUT2D eigenvalue weighted by Gasteiger charge is 2.36. The molecule has 9 heteroatoms. The first-order valence-corrected chi connectivity index (χ1v) is 12.4. The van der Waals surface area contributed by atoms with Crippen molar-refractivity contribution in [1.82, 2.24) is 30.1 Å². The topological polar surface area (TPSA) is 82.9 Å². The van der Waals surface area contributed by atoms with Gasteiger partial charge in [-0.05, 0) is 66.8 Å². The summed E-state index contributed by atoms with van der Waals surface area (Å²) in [7, 11) is 0. The second kappa shape index (κ2) is 9.46. The highest BCUT2D eigenvalue weighted by atomic mass is 19.1. The van der Waals surface area contributed by atoms with E-state index in [2.05, 4.69) is 51.1 Å². The number of piperazine rings is 1. The zero-order valence-electron chi connectivity index (χ0n) is 21.2. The molecule has 0 radical (unpaired) electrons. The smallest absolute Gasteiger partial charge is 0.253 e. The number of rotatable bonds is 6. The van der Waals surface area contributed by atoms with E-state index in [1.54, 1.807) is 6.07 Å². The van der Waals surface area contributed by atoms with E-state index in [9.17, 15) is 9.18 Å². The number of hydrogen-bond acceptors (Lipinski definition) is 6. The fourth-order valence-electron chi connectivity index (χ4n) is 4.98. The minimum atomic E-state index is -0.442. The van der Waals surface area contributed by atoms with Gasteiger partial charge < -0.3 is 9.88 Å². The van der Waals surface area contributed by atoms with Crippen LogP contribution in [0, 0.1) is 12.7 Å². The molecule has 0 aliphatic carbocycles. The Morgan fingerprint density at radius 3 is 2.56 bits per heavy atom. The first-order valence-electron chi connectivity index (χ1n) is 12.4. The van der Waals surface area contributed by atoms with E-state index in [4.69, 9.17) is 0 Å². The number of tetrazole rings is 1. The van der Waals surface area contributed by atoms with Crippen LogP contribution in [0.2, 0.25) is 0 Å². The highest BCUT2D eigenvalue weighted by Crippen LogP contribution is 2.32. The molecule has 0 saturated carbocycles. The summed E-state index contributed by atoms with van der Waals surface area (Å²) in [5.74, 6) is 0.413. The van der Waals surface area contributed by atoms with Gasteiger partial charge in [0.2, 0.25) is 0 Å². The van der Waals surface area contributed by atoms with Crippen molar-refractivity contribution in [2.75, 3.05) is 31.1 Å². The fourth-order valence-corrected chi connectivity index (χ4v) is 4.98. The maximum atomic E-state index is 14.4. The van der Waals surface area contributed by atoms with Crippen LogP contribution >= 0.6 is 0 Å². The zero-order chi connectivity index (χ0) is 25.4. The molecule has 188 valence electrons. The Morgan fingerprint density at radius 1 is 1.08 bits per heavy atom. The number of para-hydroxylation sites is 2. The number of pyridine rings is 1. The van der Waals surface area contributed by atoms with Gasteiger partial charge in [-0.15, -0.1) is 5.10 Å². The molecule has 3 heterocycles. The summed E-state index contributed by atoms with van der Waals surface area (Å²) >= 11 is 0. The van der Waals surface area contributed by atoms with Crippen LogP contribution in [-0.2, 0) is 5.54 Å². The summed E-state index contributed by atoms with van der Waals surface area (Å²) < 4.78 is 16.3. The lowest BCUT2D eigenvalue weighted by molar-refractivity contribution is 0.186. The molecule has 1 atom stereocenters.